The molecule has 0 spiro atoms. The first-order valence-electron chi connectivity index (χ1n) is 5.55. The Hall–Kier alpha value is -2.14. The van der Waals surface area contributed by atoms with E-state index in [2.05, 4.69) is 5.10 Å². The number of para-hydroxylation sites is 1. The first-order valence-corrected chi connectivity index (χ1v) is 5.55. The van der Waals surface area contributed by atoms with Crippen molar-refractivity contribution in [1.29, 1.82) is 0 Å². The number of nitrogens with zero attached hydrogens (tertiary/aromatic N) is 2. The number of benzene rings is 1. The Morgan fingerprint density at radius 2 is 2.17 bits per heavy atom. The number of methoxy groups -OCH3 is 1. The van der Waals surface area contributed by atoms with Crippen LogP contribution >= 0.6 is 0 Å². The Labute approximate surface area is 105 Å². The van der Waals surface area contributed by atoms with Gasteiger partial charge in [-0.1, -0.05) is 12.1 Å². The number of hydrogen-bond acceptors (Lipinski definition) is 4. The van der Waals surface area contributed by atoms with E-state index in [1.54, 1.807) is 42.3 Å². The molecule has 2 rings (SSSR count). The number of Topliss-reactive ketones (excluding diaryl/α,β-unsaturated/α-hetero) is 1. The molecule has 2 aromatic rings. The molecule has 94 valence electrons. The van der Waals surface area contributed by atoms with Crippen molar-refractivity contribution in [1.82, 2.24) is 9.78 Å². The molecular weight excluding hydrogens is 230 g/mol. The minimum absolute atomic E-state index is 0.180. The Morgan fingerprint density at radius 1 is 1.44 bits per heavy atom. The van der Waals surface area contributed by atoms with Gasteiger partial charge >= 0.3 is 0 Å². The van der Waals surface area contributed by atoms with Gasteiger partial charge in [0, 0.05) is 18.8 Å². The van der Waals surface area contributed by atoms with Crippen molar-refractivity contribution in [2.75, 3.05) is 7.11 Å². The molecule has 1 aromatic carbocycles. The third-order valence-electron chi connectivity index (χ3n) is 2.74. The molecule has 0 amide bonds. The first kappa shape index (κ1) is 12.3. The molecule has 18 heavy (non-hydrogen) atoms. The fraction of sp³-hybridized carbons (Fsp3) is 0.231. The van der Waals surface area contributed by atoms with Crippen LogP contribution in [0.1, 0.15) is 22.0 Å². The van der Waals surface area contributed by atoms with Crippen molar-refractivity contribution >= 4 is 5.78 Å². The first-order chi connectivity index (χ1) is 8.63. The lowest BCUT2D eigenvalue weighted by Gasteiger charge is -2.11. The fourth-order valence-corrected chi connectivity index (χ4v) is 1.77. The largest absolute Gasteiger partial charge is 0.496 e. The summed E-state index contributed by atoms with van der Waals surface area (Å²) in [5, 5.41) is 4.01. The van der Waals surface area contributed by atoms with Gasteiger partial charge in [0.2, 0.25) is 0 Å². The third-order valence-corrected chi connectivity index (χ3v) is 2.74. The molecule has 0 aliphatic carbocycles. The number of aryl methyl sites for hydroxylation is 1. The molecule has 0 fully saturated rings. The van der Waals surface area contributed by atoms with Crippen LogP contribution in [0, 0.1) is 0 Å². The Kier molecular flexibility index (Phi) is 3.43. The van der Waals surface area contributed by atoms with Gasteiger partial charge in [0.15, 0.2) is 5.78 Å². The Morgan fingerprint density at radius 3 is 2.78 bits per heavy atom. The van der Waals surface area contributed by atoms with Crippen LogP contribution in [0.15, 0.2) is 36.7 Å². The van der Waals surface area contributed by atoms with Crippen molar-refractivity contribution < 1.29 is 9.53 Å². The number of carbonyl (C=O) groups excluding carboxylic acids is 1. The molecule has 0 saturated heterocycles. The molecule has 0 aliphatic rings. The second-order valence-electron chi connectivity index (χ2n) is 3.99. The van der Waals surface area contributed by atoms with Gasteiger partial charge in [0.05, 0.1) is 24.9 Å². The third kappa shape index (κ3) is 2.26. The molecule has 0 aliphatic heterocycles. The molecule has 0 saturated carbocycles. The summed E-state index contributed by atoms with van der Waals surface area (Å²) in [5.74, 6) is 0.349. The van der Waals surface area contributed by atoms with Crippen molar-refractivity contribution in [3.05, 3.63) is 47.8 Å². The van der Waals surface area contributed by atoms with Crippen LogP contribution in [0.25, 0.3) is 0 Å². The highest BCUT2D eigenvalue weighted by atomic mass is 16.5. The highest BCUT2D eigenvalue weighted by molar-refractivity contribution is 6.02. The van der Waals surface area contributed by atoms with Crippen molar-refractivity contribution in [2.45, 2.75) is 6.04 Å². The monoisotopic (exact) mass is 245 g/mol. The summed E-state index contributed by atoms with van der Waals surface area (Å²) >= 11 is 0. The number of nitrogens with two attached hydrogens (primary N) is 1. The second kappa shape index (κ2) is 5.01. The summed E-state index contributed by atoms with van der Waals surface area (Å²) in [7, 11) is 3.31. The quantitative estimate of drug-likeness (QED) is 0.824. The smallest absolute Gasteiger partial charge is 0.187 e. The molecule has 0 radical (unpaired) electrons. The van der Waals surface area contributed by atoms with Crippen molar-refractivity contribution in [2.24, 2.45) is 12.8 Å². The summed E-state index contributed by atoms with van der Waals surface area (Å²) in [6.45, 7) is 0. The van der Waals surface area contributed by atoms with E-state index in [4.69, 9.17) is 10.5 Å². The van der Waals surface area contributed by atoms with Crippen LogP contribution in [-0.2, 0) is 7.05 Å². The van der Waals surface area contributed by atoms with E-state index < -0.39 is 6.04 Å². The van der Waals surface area contributed by atoms with E-state index in [1.807, 2.05) is 6.07 Å². The Bertz CT molecular complexity index is 563. The molecule has 5 nitrogen and oxygen atoms in total. The Balaban J connectivity index is 2.31. The minimum atomic E-state index is -0.727. The van der Waals surface area contributed by atoms with Crippen LogP contribution in [0.4, 0.5) is 0 Å². The van der Waals surface area contributed by atoms with Gasteiger partial charge in [0.25, 0.3) is 0 Å². The molecule has 1 atom stereocenters. The normalized spacial score (nSPS) is 12.2. The summed E-state index contributed by atoms with van der Waals surface area (Å²) in [4.78, 5) is 12.3. The van der Waals surface area contributed by atoms with E-state index in [9.17, 15) is 4.79 Å². The van der Waals surface area contributed by atoms with E-state index in [0.717, 1.165) is 0 Å². The molecule has 0 bridgehead atoms. The molecule has 2 N–H and O–H groups in total. The van der Waals surface area contributed by atoms with E-state index in [-0.39, 0.29) is 5.78 Å². The summed E-state index contributed by atoms with van der Waals surface area (Å²) in [5.41, 5.74) is 7.12. The maximum absolute atomic E-state index is 12.3. The van der Waals surface area contributed by atoms with Gasteiger partial charge in [-0.2, -0.15) is 5.10 Å². The fourth-order valence-electron chi connectivity index (χ4n) is 1.77. The molecule has 1 heterocycles. The molecule has 1 aromatic heterocycles. The molecule has 1 unspecified atom stereocenters. The number of aromatic nitrogens is 2. The van der Waals surface area contributed by atoms with Gasteiger partial charge in [0.1, 0.15) is 5.75 Å². The summed E-state index contributed by atoms with van der Waals surface area (Å²) in [6, 6.07) is 6.31. The average molecular weight is 245 g/mol. The van der Waals surface area contributed by atoms with Gasteiger partial charge in [-0.05, 0) is 12.1 Å². The maximum Gasteiger partial charge on any atom is 0.187 e. The number of rotatable bonds is 4. The van der Waals surface area contributed by atoms with E-state index >= 15 is 0 Å². The average Bonchev–Trinajstić information content (AvgIpc) is 2.83. The van der Waals surface area contributed by atoms with E-state index in [0.29, 0.717) is 16.9 Å². The predicted molar refractivity (Wildman–Crippen MR) is 67.5 cm³/mol. The maximum atomic E-state index is 12.3. The van der Waals surface area contributed by atoms with Gasteiger partial charge in [-0.15, -0.1) is 0 Å². The SMILES string of the molecule is COc1ccccc1C(=O)C(N)c1cnn(C)c1. The van der Waals surface area contributed by atoms with Gasteiger partial charge in [-0.25, -0.2) is 0 Å². The van der Waals surface area contributed by atoms with Crippen LogP contribution < -0.4 is 10.5 Å². The van der Waals surface area contributed by atoms with Gasteiger partial charge < -0.3 is 10.5 Å². The number of carbonyl (C=O) groups is 1. The number of ether oxygens (including phenoxy) is 1. The number of hydrogen-bond donors (Lipinski definition) is 1. The minimum Gasteiger partial charge on any atom is -0.496 e. The van der Waals surface area contributed by atoms with Crippen molar-refractivity contribution in [3.63, 3.8) is 0 Å². The second-order valence-corrected chi connectivity index (χ2v) is 3.99. The zero-order valence-electron chi connectivity index (χ0n) is 10.3. The lowest BCUT2D eigenvalue weighted by atomic mass is 10.00. The predicted octanol–water partition coefficient (Wildman–Crippen LogP) is 1.31. The lowest BCUT2D eigenvalue weighted by molar-refractivity contribution is 0.0958. The standard InChI is InChI=1S/C13H15N3O2/c1-16-8-9(7-15-16)12(14)13(17)10-5-3-4-6-11(10)18-2/h3-8,12H,14H2,1-2H3. The van der Waals surface area contributed by atoms with Crippen LogP contribution in [0.3, 0.4) is 0 Å². The van der Waals surface area contributed by atoms with E-state index in [1.165, 1.54) is 7.11 Å². The van der Waals surface area contributed by atoms with Crippen molar-refractivity contribution in [3.8, 4) is 5.75 Å². The zero-order valence-corrected chi connectivity index (χ0v) is 10.3. The zero-order chi connectivity index (χ0) is 13.1. The van der Waals surface area contributed by atoms with Crippen LogP contribution in [0.2, 0.25) is 0 Å². The van der Waals surface area contributed by atoms with Gasteiger partial charge in [-0.3, -0.25) is 9.48 Å². The van der Waals surface area contributed by atoms with Crippen LogP contribution in [-0.4, -0.2) is 22.7 Å². The van der Waals surface area contributed by atoms with Crippen LogP contribution in [0.5, 0.6) is 5.75 Å². The molecular formula is C13H15N3O2. The lowest BCUT2D eigenvalue weighted by Crippen LogP contribution is -2.21. The topological polar surface area (TPSA) is 70.1 Å². The summed E-state index contributed by atoms with van der Waals surface area (Å²) < 4.78 is 6.78. The highest BCUT2D eigenvalue weighted by Gasteiger charge is 2.21. The summed E-state index contributed by atoms with van der Waals surface area (Å²) in [6.07, 6.45) is 3.33. The highest BCUT2D eigenvalue weighted by Crippen LogP contribution is 2.23. The number of ketones is 1. The molecule has 5 heteroatoms.